The number of benzene rings is 3. The van der Waals surface area contributed by atoms with Gasteiger partial charge in [-0.15, -0.1) is 0 Å². The first-order valence-corrected chi connectivity index (χ1v) is 10.7. The van der Waals surface area contributed by atoms with Gasteiger partial charge in [0.05, 0.1) is 46.7 Å². The molecular weight excluding hydrogens is 468 g/mol. The third-order valence-corrected chi connectivity index (χ3v) is 5.46. The fourth-order valence-electron chi connectivity index (χ4n) is 3.69. The molecule has 0 atom stereocenters. The van der Waals surface area contributed by atoms with Crippen LogP contribution in [-0.2, 0) is 0 Å². The number of fused-ring (bicyclic) bond motifs is 1. The number of ketones is 1. The van der Waals surface area contributed by atoms with E-state index in [9.17, 15) is 9.59 Å². The molecule has 0 N–H and O–H groups in total. The molecule has 0 radical (unpaired) electrons. The number of rotatable bonds is 8. The number of methoxy groups -OCH3 is 5. The summed E-state index contributed by atoms with van der Waals surface area (Å²) in [6.07, 6.45) is 1.60. The third-order valence-electron chi connectivity index (χ3n) is 5.46. The van der Waals surface area contributed by atoms with Crippen LogP contribution in [0, 0.1) is 0 Å². The van der Waals surface area contributed by atoms with Crippen molar-refractivity contribution >= 4 is 17.8 Å². The number of carbonyl (C=O) groups is 2. The van der Waals surface area contributed by atoms with E-state index >= 15 is 0 Å². The topological polar surface area (TPSA) is 98.8 Å². The molecule has 36 heavy (non-hydrogen) atoms. The van der Waals surface area contributed by atoms with E-state index in [0.717, 1.165) is 0 Å². The molecule has 186 valence electrons. The second-order valence-electron chi connectivity index (χ2n) is 7.52. The number of ether oxygens (including phenoxy) is 7. The smallest absolute Gasteiger partial charge is 0.343 e. The van der Waals surface area contributed by atoms with Crippen LogP contribution in [-0.4, -0.2) is 47.3 Å². The molecule has 1 aliphatic rings. The quantitative estimate of drug-likeness (QED) is 0.254. The Morgan fingerprint density at radius 3 is 2.03 bits per heavy atom. The molecule has 0 unspecified atom stereocenters. The van der Waals surface area contributed by atoms with Crippen molar-refractivity contribution in [1.82, 2.24) is 0 Å². The van der Waals surface area contributed by atoms with Gasteiger partial charge in [-0.2, -0.15) is 0 Å². The van der Waals surface area contributed by atoms with Crippen LogP contribution < -0.4 is 33.2 Å². The second-order valence-corrected chi connectivity index (χ2v) is 7.52. The van der Waals surface area contributed by atoms with E-state index in [1.165, 1.54) is 52.7 Å². The first-order valence-electron chi connectivity index (χ1n) is 10.7. The summed E-state index contributed by atoms with van der Waals surface area (Å²) in [6, 6.07) is 12.8. The highest BCUT2D eigenvalue weighted by atomic mass is 16.5. The van der Waals surface area contributed by atoms with Crippen molar-refractivity contribution in [2.75, 3.05) is 35.5 Å². The summed E-state index contributed by atoms with van der Waals surface area (Å²) in [5.74, 6) is 1.75. The van der Waals surface area contributed by atoms with Gasteiger partial charge in [-0.3, -0.25) is 4.79 Å². The lowest BCUT2D eigenvalue weighted by Crippen LogP contribution is -2.09. The Bertz CT molecular complexity index is 1330. The molecule has 0 saturated carbocycles. The lowest BCUT2D eigenvalue weighted by atomic mass is 10.1. The lowest BCUT2D eigenvalue weighted by Gasteiger charge is -2.13. The number of esters is 1. The number of allylic oxidation sites excluding steroid dienone is 1. The number of Topliss-reactive ketones (excluding diaryl/α,β-unsaturated/α-hetero) is 1. The monoisotopic (exact) mass is 492 g/mol. The average molecular weight is 492 g/mol. The fourth-order valence-corrected chi connectivity index (χ4v) is 3.69. The van der Waals surface area contributed by atoms with Crippen LogP contribution >= 0.6 is 0 Å². The Labute approximate surface area is 207 Å². The molecule has 9 heteroatoms. The van der Waals surface area contributed by atoms with Gasteiger partial charge in [0.25, 0.3) is 0 Å². The maximum absolute atomic E-state index is 12.8. The van der Waals surface area contributed by atoms with Crippen LogP contribution in [0.2, 0.25) is 0 Å². The van der Waals surface area contributed by atoms with Gasteiger partial charge in [0.1, 0.15) is 11.5 Å². The summed E-state index contributed by atoms with van der Waals surface area (Å²) < 4.78 is 37.7. The summed E-state index contributed by atoms with van der Waals surface area (Å²) in [5, 5.41) is 0. The van der Waals surface area contributed by atoms with Gasteiger partial charge in [-0.1, -0.05) is 6.07 Å². The first kappa shape index (κ1) is 24.5. The average Bonchev–Trinajstić information content (AvgIpc) is 3.21. The van der Waals surface area contributed by atoms with Gasteiger partial charge in [-0.05, 0) is 48.0 Å². The van der Waals surface area contributed by atoms with Crippen molar-refractivity contribution in [3.8, 4) is 40.2 Å². The van der Waals surface area contributed by atoms with Crippen LogP contribution in [0.4, 0.5) is 0 Å². The first-order chi connectivity index (χ1) is 17.4. The van der Waals surface area contributed by atoms with Crippen LogP contribution in [0.25, 0.3) is 6.08 Å². The number of carbonyl (C=O) groups excluding carboxylic acids is 2. The maximum Gasteiger partial charge on any atom is 0.343 e. The zero-order chi connectivity index (χ0) is 25.8. The SMILES string of the molecule is COc1ccc(/C=C2\Oc3cc(OC(=O)c4cc(OC)c(OC)c(OC)c4)ccc3C2=O)cc1OC. The minimum absolute atomic E-state index is 0.130. The molecule has 3 aromatic rings. The molecule has 0 aliphatic carbocycles. The van der Waals surface area contributed by atoms with Gasteiger partial charge in [-0.25, -0.2) is 4.79 Å². The van der Waals surface area contributed by atoms with E-state index in [1.807, 2.05) is 0 Å². The molecule has 1 aliphatic heterocycles. The predicted molar refractivity (Wildman–Crippen MR) is 130 cm³/mol. The van der Waals surface area contributed by atoms with Crippen molar-refractivity contribution in [3.63, 3.8) is 0 Å². The van der Waals surface area contributed by atoms with Gasteiger partial charge < -0.3 is 33.2 Å². The van der Waals surface area contributed by atoms with E-state index in [0.29, 0.717) is 39.9 Å². The summed E-state index contributed by atoms with van der Waals surface area (Å²) >= 11 is 0. The zero-order valence-electron chi connectivity index (χ0n) is 20.4. The molecule has 0 saturated heterocycles. The Balaban J connectivity index is 1.56. The molecule has 1 heterocycles. The summed E-state index contributed by atoms with van der Waals surface area (Å²) in [6.45, 7) is 0. The van der Waals surface area contributed by atoms with Crippen LogP contribution in [0.3, 0.4) is 0 Å². The minimum Gasteiger partial charge on any atom is -0.493 e. The normalized spacial score (nSPS) is 13.0. The number of hydrogen-bond acceptors (Lipinski definition) is 9. The summed E-state index contributed by atoms with van der Waals surface area (Å²) in [5.41, 5.74) is 1.24. The van der Waals surface area contributed by atoms with E-state index < -0.39 is 5.97 Å². The van der Waals surface area contributed by atoms with Crippen molar-refractivity contribution in [2.45, 2.75) is 0 Å². The van der Waals surface area contributed by atoms with Gasteiger partial charge in [0.2, 0.25) is 11.5 Å². The molecular formula is C27H24O9. The molecule has 4 rings (SSSR count). The summed E-state index contributed by atoms with van der Waals surface area (Å²) in [7, 11) is 7.45. The number of hydrogen-bond donors (Lipinski definition) is 0. The summed E-state index contributed by atoms with van der Waals surface area (Å²) in [4.78, 5) is 25.7. The van der Waals surface area contributed by atoms with E-state index in [1.54, 1.807) is 37.5 Å². The Morgan fingerprint density at radius 1 is 0.750 bits per heavy atom. The van der Waals surface area contributed by atoms with E-state index in [-0.39, 0.29) is 28.6 Å². The highest BCUT2D eigenvalue weighted by molar-refractivity contribution is 6.14. The predicted octanol–water partition coefficient (Wildman–Crippen LogP) is 4.57. The highest BCUT2D eigenvalue weighted by Gasteiger charge is 2.28. The Morgan fingerprint density at radius 2 is 1.42 bits per heavy atom. The zero-order valence-corrected chi connectivity index (χ0v) is 20.4. The Kier molecular flexibility index (Phi) is 7.00. The Hall–Kier alpha value is -4.66. The fraction of sp³-hybridized carbons (Fsp3) is 0.185. The molecule has 9 nitrogen and oxygen atoms in total. The van der Waals surface area contributed by atoms with Crippen molar-refractivity contribution < 1.29 is 42.7 Å². The lowest BCUT2D eigenvalue weighted by molar-refractivity contribution is 0.0733. The molecule has 0 aromatic heterocycles. The molecule has 0 fully saturated rings. The third kappa shape index (κ3) is 4.63. The van der Waals surface area contributed by atoms with Crippen molar-refractivity contribution in [1.29, 1.82) is 0 Å². The van der Waals surface area contributed by atoms with E-state index in [2.05, 4.69) is 0 Å². The van der Waals surface area contributed by atoms with Crippen molar-refractivity contribution in [3.05, 3.63) is 71.0 Å². The molecule has 0 bridgehead atoms. The van der Waals surface area contributed by atoms with Crippen LogP contribution in [0.15, 0.2) is 54.3 Å². The molecule has 3 aromatic carbocycles. The standard InChI is InChI=1S/C27H24O9/c1-30-19-9-6-15(10-21(19)31-2)11-22-25(28)18-8-7-17(14-20(18)36-22)35-27(29)16-12-23(32-3)26(34-5)24(13-16)33-4/h6-14H,1-5H3/b22-11-. The van der Waals surface area contributed by atoms with E-state index in [4.69, 9.17) is 33.2 Å². The second kappa shape index (κ2) is 10.3. The minimum atomic E-state index is -0.653. The van der Waals surface area contributed by atoms with Gasteiger partial charge >= 0.3 is 5.97 Å². The maximum atomic E-state index is 12.8. The highest BCUT2D eigenvalue weighted by Crippen LogP contribution is 2.39. The van der Waals surface area contributed by atoms with Gasteiger partial charge in [0.15, 0.2) is 28.8 Å². The van der Waals surface area contributed by atoms with Crippen LogP contribution in [0.1, 0.15) is 26.3 Å². The van der Waals surface area contributed by atoms with Crippen molar-refractivity contribution in [2.24, 2.45) is 0 Å². The largest absolute Gasteiger partial charge is 0.493 e. The van der Waals surface area contributed by atoms with Crippen LogP contribution in [0.5, 0.6) is 40.2 Å². The molecule has 0 spiro atoms. The van der Waals surface area contributed by atoms with Gasteiger partial charge in [0, 0.05) is 6.07 Å². The molecule has 0 amide bonds.